The van der Waals surface area contributed by atoms with Crippen LogP contribution in [0, 0.1) is 0 Å². The van der Waals surface area contributed by atoms with Crippen molar-refractivity contribution in [1.82, 2.24) is 15.6 Å². The van der Waals surface area contributed by atoms with Gasteiger partial charge in [-0.05, 0) is 29.1 Å². The molecule has 2 aromatic rings. The summed E-state index contributed by atoms with van der Waals surface area (Å²) >= 11 is 0. The highest BCUT2D eigenvalue weighted by Crippen LogP contribution is 2.13. The van der Waals surface area contributed by atoms with E-state index in [1.807, 2.05) is 6.20 Å². The second-order valence-corrected chi connectivity index (χ2v) is 4.32. The average molecular weight is 247 g/mol. The van der Waals surface area contributed by atoms with Gasteiger partial charge in [0.05, 0.1) is 6.61 Å². The van der Waals surface area contributed by atoms with Gasteiger partial charge in [-0.15, -0.1) is 0 Å². The van der Waals surface area contributed by atoms with E-state index in [1.165, 1.54) is 16.5 Å². The fourth-order valence-electron chi connectivity index (χ4n) is 1.92. The van der Waals surface area contributed by atoms with Crippen molar-refractivity contribution in [1.29, 1.82) is 0 Å². The molecule has 0 aliphatic rings. The molecular formula is C14H21N3O. The number of H-pyrrole nitrogens is 1. The van der Waals surface area contributed by atoms with Gasteiger partial charge in [-0.1, -0.05) is 6.07 Å². The first-order valence-electron chi connectivity index (χ1n) is 6.36. The smallest absolute Gasteiger partial charge is 0.0587 e. The van der Waals surface area contributed by atoms with E-state index in [2.05, 4.69) is 39.9 Å². The van der Waals surface area contributed by atoms with E-state index in [-0.39, 0.29) is 0 Å². The summed E-state index contributed by atoms with van der Waals surface area (Å²) in [6.07, 6.45) is 1.97. The predicted octanol–water partition coefficient (Wildman–Crippen LogP) is 1.49. The number of hydrogen-bond acceptors (Lipinski definition) is 3. The van der Waals surface area contributed by atoms with E-state index in [0.29, 0.717) is 0 Å². The minimum atomic E-state index is 0.768. The fourth-order valence-corrected chi connectivity index (χ4v) is 1.92. The van der Waals surface area contributed by atoms with E-state index in [9.17, 15) is 0 Å². The van der Waals surface area contributed by atoms with Crippen LogP contribution in [0.25, 0.3) is 10.9 Å². The minimum absolute atomic E-state index is 0.768. The minimum Gasteiger partial charge on any atom is -0.383 e. The van der Waals surface area contributed by atoms with Gasteiger partial charge >= 0.3 is 0 Å². The zero-order valence-corrected chi connectivity index (χ0v) is 10.8. The lowest BCUT2D eigenvalue weighted by Gasteiger charge is -2.06. The Morgan fingerprint density at radius 2 is 2.00 bits per heavy atom. The lowest BCUT2D eigenvalue weighted by atomic mass is 10.1. The van der Waals surface area contributed by atoms with Crippen LogP contribution in [0.4, 0.5) is 0 Å². The van der Waals surface area contributed by atoms with Crippen LogP contribution in [0.2, 0.25) is 0 Å². The molecule has 0 fully saturated rings. The Hall–Kier alpha value is -1.36. The van der Waals surface area contributed by atoms with Gasteiger partial charge < -0.3 is 20.4 Å². The van der Waals surface area contributed by atoms with Crippen LogP contribution in [0.3, 0.4) is 0 Å². The molecule has 18 heavy (non-hydrogen) atoms. The van der Waals surface area contributed by atoms with Crippen molar-refractivity contribution < 1.29 is 4.74 Å². The third-order valence-corrected chi connectivity index (χ3v) is 2.91. The van der Waals surface area contributed by atoms with Gasteiger partial charge in [0.15, 0.2) is 0 Å². The van der Waals surface area contributed by atoms with Crippen LogP contribution in [0.15, 0.2) is 30.5 Å². The maximum Gasteiger partial charge on any atom is 0.0587 e. The van der Waals surface area contributed by atoms with Crippen molar-refractivity contribution in [2.24, 2.45) is 0 Å². The normalized spacial score (nSPS) is 11.2. The van der Waals surface area contributed by atoms with Crippen molar-refractivity contribution in [3.8, 4) is 0 Å². The Balaban J connectivity index is 1.67. The van der Waals surface area contributed by atoms with Crippen molar-refractivity contribution >= 4 is 10.9 Å². The number of rotatable bonds is 8. The van der Waals surface area contributed by atoms with Gasteiger partial charge in [-0.25, -0.2) is 0 Å². The van der Waals surface area contributed by atoms with Gasteiger partial charge in [0.1, 0.15) is 0 Å². The van der Waals surface area contributed by atoms with Crippen molar-refractivity contribution in [3.63, 3.8) is 0 Å². The summed E-state index contributed by atoms with van der Waals surface area (Å²) in [5.74, 6) is 0. The Morgan fingerprint density at radius 1 is 1.11 bits per heavy atom. The molecule has 4 nitrogen and oxygen atoms in total. The molecule has 0 saturated heterocycles. The van der Waals surface area contributed by atoms with Crippen molar-refractivity contribution in [2.75, 3.05) is 33.4 Å². The molecule has 0 aliphatic heterocycles. The van der Waals surface area contributed by atoms with Crippen LogP contribution >= 0.6 is 0 Å². The number of aromatic amines is 1. The molecular weight excluding hydrogens is 226 g/mol. The summed E-state index contributed by atoms with van der Waals surface area (Å²) in [5, 5.41) is 8.00. The molecule has 3 N–H and O–H groups in total. The van der Waals surface area contributed by atoms with E-state index in [4.69, 9.17) is 4.74 Å². The van der Waals surface area contributed by atoms with E-state index < -0.39 is 0 Å². The molecule has 2 rings (SSSR count). The van der Waals surface area contributed by atoms with Crippen LogP contribution in [0.5, 0.6) is 0 Å². The summed E-state index contributed by atoms with van der Waals surface area (Å²) in [7, 11) is 1.72. The lowest BCUT2D eigenvalue weighted by Crippen LogP contribution is -2.29. The van der Waals surface area contributed by atoms with E-state index in [0.717, 1.165) is 32.8 Å². The van der Waals surface area contributed by atoms with Crippen LogP contribution in [-0.2, 0) is 11.3 Å². The molecule has 0 atom stereocenters. The average Bonchev–Trinajstić information content (AvgIpc) is 2.85. The van der Waals surface area contributed by atoms with Crippen molar-refractivity contribution in [2.45, 2.75) is 6.54 Å². The van der Waals surface area contributed by atoms with Crippen LogP contribution < -0.4 is 10.6 Å². The number of fused-ring (bicyclic) bond motifs is 1. The zero-order valence-electron chi connectivity index (χ0n) is 10.8. The van der Waals surface area contributed by atoms with Gasteiger partial charge in [0.25, 0.3) is 0 Å². The Morgan fingerprint density at radius 3 is 2.89 bits per heavy atom. The predicted molar refractivity (Wildman–Crippen MR) is 74.8 cm³/mol. The van der Waals surface area contributed by atoms with Gasteiger partial charge in [-0.3, -0.25) is 0 Å². The monoisotopic (exact) mass is 247 g/mol. The number of methoxy groups -OCH3 is 1. The highest BCUT2D eigenvalue weighted by Gasteiger charge is 1.96. The molecule has 0 amide bonds. The fraction of sp³-hybridized carbons (Fsp3) is 0.429. The maximum atomic E-state index is 4.97. The van der Waals surface area contributed by atoms with Gasteiger partial charge in [0.2, 0.25) is 0 Å². The molecule has 0 aliphatic carbocycles. The number of benzene rings is 1. The molecule has 0 spiro atoms. The first kappa shape index (κ1) is 13.1. The molecule has 0 saturated carbocycles. The summed E-state index contributed by atoms with van der Waals surface area (Å²) in [6.45, 7) is 4.52. The number of aromatic nitrogens is 1. The summed E-state index contributed by atoms with van der Waals surface area (Å²) in [4.78, 5) is 3.20. The molecule has 0 radical (unpaired) electrons. The van der Waals surface area contributed by atoms with E-state index >= 15 is 0 Å². The third kappa shape index (κ3) is 3.84. The zero-order chi connectivity index (χ0) is 12.6. The van der Waals surface area contributed by atoms with Gasteiger partial charge in [0, 0.05) is 45.0 Å². The number of ether oxygens (including phenoxy) is 1. The highest BCUT2D eigenvalue weighted by molar-refractivity contribution is 5.79. The molecule has 4 heteroatoms. The molecule has 0 bridgehead atoms. The Labute approximate surface area is 108 Å². The first-order valence-corrected chi connectivity index (χ1v) is 6.36. The largest absolute Gasteiger partial charge is 0.383 e. The third-order valence-electron chi connectivity index (χ3n) is 2.91. The van der Waals surface area contributed by atoms with Crippen molar-refractivity contribution in [3.05, 3.63) is 36.0 Å². The second kappa shape index (κ2) is 7.16. The van der Waals surface area contributed by atoms with Crippen LogP contribution in [-0.4, -0.2) is 38.3 Å². The van der Waals surface area contributed by atoms with E-state index in [1.54, 1.807) is 7.11 Å². The lowest BCUT2D eigenvalue weighted by molar-refractivity contribution is 0.199. The summed E-state index contributed by atoms with van der Waals surface area (Å²) in [5.41, 5.74) is 2.51. The summed E-state index contributed by atoms with van der Waals surface area (Å²) < 4.78 is 4.97. The molecule has 1 aromatic carbocycles. The number of hydrogen-bond donors (Lipinski definition) is 3. The Kier molecular flexibility index (Phi) is 5.20. The highest BCUT2D eigenvalue weighted by atomic mass is 16.5. The second-order valence-electron chi connectivity index (χ2n) is 4.32. The molecule has 1 heterocycles. The maximum absolute atomic E-state index is 4.97. The summed E-state index contributed by atoms with van der Waals surface area (Å²) in [6, 6.07) is 8.61. The topological polar surface area (TPSA) is 49.1 Å². The molecule has 1 aromatic heterocycles. The standard InChI is InChI=1S/C14H21N3O/c1-18-9-8-15-6-7-16-11-12-2-3-14-13(10-12)4-5-17-14/h2-5,10,15-17H,6-9,11H2,1H3. The van der Waals surface area contributed by atoms with Crippen LogP contribution in [0.1, 0.15) is 5.56 Å². The molecule has 98 valence electrons. The SMILES string of the molecule is COCCNCCNCc1ccc2[nH]ccc2c1. The molecule has 0 unspecified atom stereocenters. The first-order chi connectivity index (χ1) is 8.90. The Bertz CT molecular complexity index is 467. The quantitative estimate of drug-likeness (QED) is 0.620. The van der Waals surface area contributed by atoms with Gasteiger partial charge in [-0.2, -0.15) is 0 Å². The number of nitrogens with one attached hydrogen (secondary N) is 3.